The Morgan fingerprint density at radius 2 is 2.42 bits per heavy atom. The van der Waals surface area contributed by atoms with E-state index in [9.17, 15) is 4.79 Å². The van der Waals surface area contributed by atoms with E-state index in [0.717, 1.165) is 18.6 Å². The molecular weight excluding hydrogens is 154 g/mol. The highest BCUT2D eigenvalue weighted by Gasteiger charge is 2.30. The molecule has 1 aliphatic rings. The second-order valence-electron chi connectivity index (χ2n) is 3.24. The standard InChI is InChI=1S/C9H11NO2/c1-2-6-3-7(4-6)8-5-10-9(11)12-8/h2,5-7H,1,3-4H2,(H,10,11). The minimum absolute atomic E-state index is 0.355. The molecule has 1 N–H and O–H groups in total. The Balaban J connectivity index is 2.05. The molecule has 1 heterocycles. The van der Waals surface area contributed by atoms with Gasteiger partial charge in [0, 0.05) is 12.1 Å². The molecule has 0 atom stereocenters. The highest BCUT2D eigenvalue weighted by molar-refractivity contribution is 5.08. The Morgan fingerprint density at radius 1 is 1.67 bits per heavy atom. The molecule has 0 aromatic carbocycles. The fourth-order valence-corrected chi connectivity index (χ4v) is 1.58. The van der Waals surface area contributed by atoms with Gasteiger partial charge in [-0.3, -0.25) is 4.98 Å². The Kier molecular flexibility index (Phi) is 1.64. The lowest BCUT2D eigenvalue weighted by atomic mass is 9.74. The summed E-state index contributed by atoms with van der Waals surface area (Å²) in [5, 5.41) is 0. The van der Waals surface area contributed by atoms with Gasteiger partial charge in [-0.25, -0.2) is 4.79 Å². The zero-order chi connectivity index (χ0) is 8.55. The molecule has 64 valence electrons. The predicted octanol–water partition coefficient (Wildman–Crippen LogP) is 1.65. The highest BCUT2D eigenvalue weighted by Crippen LogP contribution is 2.41. The van der Waals surface area contributed by atoms with E-state index in [1.54, 1.807) is 6.20 Å². The quantitative estimate of drug-likeness (QED) is 0.677. The molecule has 2 rings (SSSR count). The average Bonchev–Trinajstić information content (AvgIpc) is 2.34. The monoisotopic (exact) mass is 165 g/mol. The van der Waals surface area contributed by atoms with E-state index in [-0.39, 0.29) is 5.76 Å². The minimum atomic E-state index is -0.355. The van der Waals surface area contributed by atoms with Crippen LogP contribution in [0.1, 0.15) is 24.5 Å². The van der Waals surface area contributed by atoms with Crippen LogP contribution < -0.4 is 5.76 Å². The van der Waals surface area contributed by atoms with Gasteiger partial charge in [-0.1, -0.05) is 6.08 Å². The smallest absolute Gasteiger partial charge is 0.413 e. The maximum Gasteiger partial charge on any atom is 0.416 e. The van der Waals surface area contributed by atoms with Gasteiger partial charge in [0.15, 0.2) is 0 Å². The van der Waals surface area contributed by atoms with Crippen LogP contribution in [0.3, 0.4) is 0 Å². The third-order valence-electron chi connectivity index (χ3n) is 2.45. The lowest BCUT2D eigenvalue weighted by Crippen LogP contribution is -2.19. The molecule has 0 saturated heterocycles. The van der Waals surface area contributed by atoms with E-state index >= 15 is 0 Å². The molecule has 1 aliphatic carbocycles. The van der Waals surface area contributed by atoms with Crippen molar-refractivity contribution in [2.75, 3.05) is 0 Å². The van der Waals surface area contributed by atoms with Crippen LogP contribution in [0.4, 0.5) is 0 Å². The summed E-state index contributed by atoms with van der Waals surface area (Å²) in [5.41, 5.74) is 0. The molecule has 1 aromatic heterocycles. The Labute approximate surface area is 70.1 Å². The number of aromatic nitrogens is 1. The van der Waals surface area contributed by atoms with Crippen LogP contribution in [-0.4, -0.2) is 4.98 Å². The first-order valence-electron chi connectivity index (χ1n) is 4.10. The highest BCUT2D eigenvalue weighted by atomic mass is 16.4. The van der Waals surface area contributed by atoms with Crippen molar-refractivity contribution in [3.05, 3.63) is 35.2 Å². The Morgan fingerprint density at radius 3 is 2.92 bits per heavy atom. The topological polar surface area (TPSA) is 46.0 Å². The van der Waals surface area contributed by atoms with Gasteiger partial charge in [-0.05, 0) is 18.8 Å². The van der Waals surface area contributed by atoms with Crippen molar-refractivity contribution in [3.63, 3.8) is 0 Å². The van der Waals surface area contributed by atoms with E-state index in [4.69, 9.17) is 4.42 Å². The lowest BCUT2D eigenvalue weighted by molar-refractivity contribution is 0.275. The summed E-state index contributed by atoms with van der Waals surface area (Å²) in [6.45, 7) is 3.72. The number of aromatic amines is 1. The first-order valence-corrected chi connectivity index (χ1v) is 4.10. The van der Waals surface area contributed by atoms with Crippen molar-refractivity contribution in [2.24, 2.45) is 5.92 Å². The molecule has 0 spiro atoms. The van der Waals surface area contributed by atoms with Gasteiger partial charge in [-0.2, -0.15) is 0 Å². The molecule has 1 aromatic rings. The zero-order valence-corrected chi connectivity index (χ0v) is 6.75. The van der Waals surface area contributed by atoms with Crippen molar-refractivity contribution < 1.29 is 4.42 Å². The maximum atomic E-state index is 10.6. The fraction of sp³-hybridized carbons (Fsp3) is 0.444. The van der Waals surface area contributed by atoms with Crippen molar-refractivity contribution >= 4 is 0 Å². The number of rotatable bonds is 2. The van der Waals surface area contributed by atoms with Crippen molar-refractivity contribution in [3.8, 4) is 0 Å². The normalized spacial score (nSPS) is 28.0. The molecule has 3 nitrogen and oxygen atoms in total. The summed E-state index contributed by atoms with van der Waals surface area (Å²) in [6, 6.07) is 0. The summed E-state index contributed by atoms with van der Waals surface area (Å²) in [7, 11) is 0. The summed E-state index contributed by atoms with van der Waals surface area (Å²) < 4.78 is 4.93. The molecule has 0 bridgehead atoms. The molecule has 0 aliphatic heterocycles. The molecule has 0 unspecified atom stereocenters. The van der Waals surface area contributed by atoms with Gasteiger partial charge in [-0.15, -0.1) is 6.58 Å². The largest absolute Gasteiger partial charge is 0.416 e. The SMILES string of the molecule is C=CC1CC(c2c[nH]c(=O)o2)C1. The number of H-pyrrole nitrogens is 1. The van der Waals surface area contributed by atoms with Crippen LogP contribution in [0.15, 0.2) is 28.1 Å². The van der Waals surface area contributed by atoms with E-state index in [1.807, 2.05) is 6.08 Å². The second kappa shape index (κ2) is 2.66. The number of oxazole rings is 1. The van der Waals surface area contributed by atoms with Crippen LogP contribution in [0, 0.1) is 5.92 Å². The lowest BCUT2D eigenvalue weighted by Gasteiger charge is -2.30. The van der Waals surface area contributed by atoms with Gasteiger partial charge in [0.2, 0.25) is 0 Å². The second-order valence-corrected chi connectivity index (χ2v) is 3.24. The van der Waals surface area contributed by atoms with Crippen molar-refractivity contribution in [1.29, 1.82) is 0 Å². The molecule has 0 amide bonds. The number of nitrogens with one attached hydrogen (secondary N) is 1. The molecule has 3 heteroatoms. The molecule has 0 radical (unpaired) electrons. The average molecular weight is 165 g/mol. The Hall–Kier alpha value is -1.25. The molecule has 12 heavy (non-hydrogen) atoms. The summed E-state index contributed by atoms with van der Waals surface area (Å²) in [4.78, 5) is 13.1. The van der Waals surface area contributed by atoms with E-state index in [2.05, 4.69) is 11.6 Å². The van der Waals surface area contributed by atoms with Crippen LogP contribution in [0.25, 0.3) is 0 Å². The fourth-order valence-electron chi connectivity index (χ4n) is 1.58. The van der Waals surface area contributed by atoms with Gasteiger partial charge >= 0.3 is 5.76 Å². The zero-order valence-electron chi connectivity index (χ0n) is 6.75. The van der Waals surface area contributed by atoms with Crippen LogP contribution in [-0.2, 0) is 0 Å². The van der Waals surface area contributed by atoms with Crippen LogP contribution in [0.2, 0.25) is 0 Å². The first kappa shape index (κ1) is 7.40. The van der Waals surface area contributed by atoms with E-state index in [0.29, 0.717) is 11.8 Å². The molecule has 1 fully saturated rings. The third-order valence-corrected chi connectivity index (χ3v) is 2.45. The van der Waals surface area contributed by atoms with Gasteiger partial charge in [0.1, 0.15) is 5.76 Å². The van der Waals surface area contributed by atoms with Gasteiger partial charge in [0.05, 0.1) is 0 Å². The number of allylic oxidation sites excluding steroid dienone is 1. The van der Waals surface area contributed by atoms with Crippen molar-refractivity contribution in [1.82, 2.24) is 4.98 Å². The molecular formula is C9H11NO2. The van der Waals surface area contributed by atoms with Gasteiger partial charge < -0.3 is 4.42 Å². The summed E-state index contributed by atoms with van der Waals surface area (Å²) in [6.07, 6.45) is 5.74. The van der Waals surface area contributed by atoms with Crippen molar-refractivity contribution in [2.45, 2.75) is 18.8 Å². The van der Waals surface area contributed by atoms with Crippen LogP contribution in [0.5, 0.6) is 0 Å². The predicted molar refractivity (Wildman–Crippen MR) is 45.0 cm³/mol. The number of hydrogen-bond acceptors (Lipinski definition) is 2. The maximum absolute atomic E-state index is 10.6. The Bertz CT molecular complexity index is 330. The summed E-state index contributed by atoms with van der Waals surface area (Å²) in [5.74, 6) is 1.47. The first-order chi connectivity index (χ1) is 5.79. The van der Waals surface area contributed by atoms with E-state index in [1.165, 1.54) is 0 Å². The third kappa shape index (κ3) is 1.11. The number of hydrogen-bond donors (Lipinski definition) is 1. The van der Waals surface area contributed by atoms with E-state index < -0.39 is 0 Å². The van der Waals surface area contributed by atoms with Gasteiger partial charge in [0.25, 0.3) is 0 Å². The minimum Gasteiger partial charge on any atom is -0.413 e. The van der Waals surface area contributed by atoms with Crippen LogP contribution >= 0.6 is 0 Å². The molecule has 1 saturated carbocycles. The summed E-state index contributed by atoms with van der Waals surface area (Å²) >= 11 is 0.